The first-order valence-corrected chi connectivity index (χ1v) is 14.5. The van der Waals surface area contributed by atoms with Gasteiger partial charge in [-0.05, 0) is 36.6 Å². The molecule has 0 saturated carbocycles. The number of alkyl halides is 1. The standard InChI is InChI=1S/C27H32BrClN2O5S/c1-5-11-30(17-9-7-16(29)8-10-17)25(34)23-27-13-18(28)22(37-27)20(26(35)36-12-6-2)21(27)24(33)31(23)19(14-32)15(3)4/h5-10,15,18-23,32H,1-2,11-14H2,3-4H3/t18?,19-,20+,21-,22+,23?,27?/m0/s1. The number of rotatable bonds is 10. The molecule has 37 heavy (non-hydrogen) atoms. The third kappa shape index (κ3) is 4.66. The third-order valence-electron chi connectivity index (χ3n) is 7.61. The van der Waals surface area contributed by atoms with Crippen LogP contribution in [0, 0.1) is 17.8 Å². The van der Waals surface area contributed by atoms with Crippen LogP contribution in [0.1, 0.15) is 20.3 Å². The van der Waals surface area contributed by atoms with Gasteiger partial charge in [0.2, 0.25) is 5.91 Å². The zero-order chi connectivity index (χ0) is 27.1. The van der Waals surface area contributed by atoms with Crippen LogP contribution in [-0.2, 0) is 19.1 Å². The molecule has 0 aromatic heterocycles. The van der Waals surface area contributed by atoms with Gasteiger partial charge in [0.15, 0.2) is 0 Å². The van der Waals surface area contributed by atoms with Crippen molar-refractivity contribution in [2.24, 2.45) is 17.8 Å². The lowest BCUT2D eigenvalue weighted by atomic mass is 9.71. The van der Waals surface area contributed by atoms with Crippen molar-refractivity contribution in [3.05, 3.63) is 54.6 Å². The molecule has 1 aromatic rings. The summed E-state index contributed by atoms with van der Waals surface area (Å²) in [4.78, 5) is 45.0. The maximum Gasteiger partial charge on any atom is 0.311 e. The first-order valence-electron chi connectivity index (χ1n) is 12.3. The van der Waals surface area contributed by atoms with E-state index in [0.717, 1.165) is 0 Å². The number of hydrogen-bond acceptors (Lipinski definition) is 6. The van der Waals surface area contributed by atoms with Crippen molar-refractivity contribution in [2.45, 2.75) is 47.2 Å². The lowest BCUT2D eigenvalue weighted by Gasteiger charge is -2.40. The normalized spacial score (nSPS) is 30.8. The minimum Gasteiger partial charge on any atom is -0.461 e. The van der Waals surface area contributed by atoms with E-state index in [2.05, 4.69) is 29.1 Å². The highest BCUT2D eigenvalue weighted by Gasteiger charge is 2.76. The quantitative estimate of drug-likeness (QED) is 0.244. The fraction of sp³-hybridized carbons (Fsp3) is 0.519. The predicted molar refractivity (Wildman–Crippen MR) is 150 cm³/mol. The zero-order valence-corrected chi connectivity index (χ0v) is 24.0. The van der Waals surface area contributed by atoms with E-state index in [1.54, 1.807) is 40.1 Å². The van der Waals surface area contributed by atoms with Crippen molar-refractivity contribution in [3.8, 4) is 0 Å². The van der Waals surface area contributed by atoms with Crippen molar-refractivity contribution < 1.29 is 24.2 Å². The first kappa shape index (κ1) is 28.2. The van der Waals surface area contributed by atoms with Crippen LogP contribution in [0.25, 0.3) is 0 Å². The number of aliphatic hydroxyl groups is 1. The Morgan fingerprint density at radius 2 is 2.00 bits per heavy atom. The van der Waals surface area contributed by atoms with Gasteiger partial charge < -0.3 is 19.6 Å². The molecule has 200 valence electrons. The number of hydrogen-bond donors (Lipinski definition) is 1. The molecule has 3 aliphatic rings. The van der Waals surface area contributed by atoms with Gasteiger partial charge in [-0.15, -0.1) is 18.3 Å². The largest absolute Gasteiger partial charge is 0.461 e. The molecule has 2 bridgehead atoms. The summed E-state index contributed by atoms with van der Waals surface area (Å²) in [5.41, 5.74) is 0.626. The van der Waals surface area contributed by atoms with Crippen LogP contribution in [0.5, 0.6) is 0 Å². The van der Waals surface area contributed by atoms with E-state index >= 15 is 0 Å². The zero-order valence-electron chi connectivity index (χ0n) is 20.9. The second-order valence-electron chi connectivity index (χ2n) is 10.0. The van der Waals surface area contributed by atoms with Crippen LogP contribution in [0.3, 0.4) is 0 Å². The molecule has 7 atom stereocenters. The average molecular weight is 612 g/mol. The van der Waals surface area contributed by atoms with Crippen LogP contribution in [0.2, 0.25) is 5.02 Å². The van der Waals surface area contributed by atoms with Crippen LogP contribution < -0.4 is 4.90 Å². The molecular formula is C27H32BrClN2O5S. The van der Waals surface area contributed by atoms with Gasteiger partial charge in [0.05, 0.1) is 29.2 Å². The van der Waals surface area contributed by atoms with E-state index in [0.29, 0.717) is 17.1 Å². The Morgan fingerprint density at radius 1 is 1.32 bits per heavy atom. The second-order valence-corrected chi connectivity index (χ2v) is 13.2. The predicted octanol–water partition coefficient (Wildman–Crippen LogP) is 4.07. The van der Waals surface area contributed by atoms with Crippen molar-refractivity contribution in [2.75, 3.05) is 24.7 Å². The number of halogens is 2. The highest BCUT2D eigenvalue weighted by Crippen LogP contribution is 2.68. The Kier molecular flexibility index (Phi) is 8.48. The number of aliphatic hydroxyl groups excluding tert-OH is 1. The van der Waals surface area contributed by atoms with Gasteiger partial charge >= 0.3 is 5.97 Å². The minimum absolute atomic E-state index is 0.0502. The van der Waals surface area contributed by atoms with E-state index in [4.69, 9.17) is 16.3 Å². The van der Waals surface area contributed by atoms with Gasteiger partial charge in [0.1, 0.15) is 12.6 Å². The van der Waals surface area contributed by atoms with E-state index in [1.807, 2.05) is 13.8 Å². The van der Waals surface area contributed by atoms with E-state index in [1.165, 1.54) is 17.8 Å². The molecule has 0 radical (unpaired) electrons. The highest BCUT2D eigenvalue weighted by atomic mass is 79.9. The van der Waals surface area contributed by atoms with Crippen molar-refractivity contribution >= 4 is 62.8 Å². The second kappa shape index (κ2) is 11.1. The maximum atomic E-state index is 14.5. The first-order chi connectivity index (χ1) is 17.6. The van der Waals surface area contributed by atoms with Crippen LogP contribution in [0.15, 0.2) is 49.6 Å². The van der Waals surface area contributed by atoms with Crippen LogP contribution in [0.4, 0.5) is 5.69 Å². The van der Waals surface area contributed by atoms with E-state index in [-0.39, 0.29) is 47.6 Å². The molecule has 1 N–H and O–H groups in total. The summed E-state index contributed by atoms with van der Waals surface area (Å²) in [6.07, 6.45) is 3.67. The van der Waals surface area contributed by atoms with Gasteiger partial charge in [-0.25, -0.2) is 0 Å². The van der Waals surface area contributed by atoms with Gasteiger partial charge in [0.25, 0.3) is 5.91 Å². The number of benzene rings is 1. The van der Waals surface area contributed by atoms with Crippen molar-refractivity contribution in [3.63, 3.8) is 0 Å². The third-order valence-corrected chi connectivity index (χ3v) is 11.1. The summed E-state index contributed by atoms with van der Waals surface area (Å²) >= 11 is 11.4. The maximum absolute atomic E-state index is 14.5. The molecule has 3 fully saturated rings. The molecule has 3 saturated heterocycles. The van der Waals surface area contributed by atoms with Crippen molar-refractivity contribution in [1.29, 1.82) is 0 Å². The summed E-state index contributed by atoms with van der Waals surface area (Å²) in [6.45, 7) is 11.2. The molecule has 1 aromatic carbocycles. The number of carbonyl (C=O) groups is 3. The number of likely N-dealkylation sites (tertiary alicyclic amines) is 1. The highest BCUT2D eigenvalue weighted by molar-refractivity contribution is 9.09. The topological polar surface area (TPSA) is 87.2 Å². The van der Waals surface area contributed by atoms with Crippen LogP contribution in [-0.4, -0.2) is 74.5 Å². The molecule has 4 rings (SSSR count). The molecular weight excluding hydrogens is 580 g/mol. The number of carbonyl (C=O) groups excluding carboxylic acids is 3. The van der Waals surface area contributed by atoms with Gasteiger partial charge in [-0.2, -0.15) is 0 Å². The Morgan fingerprint density at radius 3 is 2.57 bits per heavy atom. The number of thioether (sulfide) groups is 1. The molecule has 7 nitrogen and oxygen atoms in total. The van der Waals surface area contributed by atoms with Crippen LogP contribution >= 0.6 is 39.3 Å². The van der Waals surface area contributed by atoms with Crippen molar-refractivity contribution in [1.82, 2.24) is 4.90 Å². The van der Waals surface area contributed by atoms with E-state index in [9.17, 15) is 19.5 Å². The number of esters is 1. The summed E-state index contributed by atoms with van der Waals surface area (Å²) < 4.78 is 4.58. The Balaban J connectivity index is 1.84. The number of fused-ring (bicyclic) bond motifs is 1. The molecule has 10 heteroatoms. The molecule has 1 spiro atoms. The number of nitrogens with zero attached hydrogens (tertiary/aromatic N) is 2. The van der Waals surface area contributed by atoms with Gasteiger partial charge in [-0.1, -0.05) is 60.1 Å². The molecule has 2 amide bonds. The summed E-state index contributed by atoms with van der Waals surface area (Å²) in [5.74, 6) is -2.56. The van der Waals surface area contributed by atoms with Gasteiger partial charge in [0, 0.05) is 27.3 Å². The Labute approximate surface area is 235 Å². The smallest absolute Gasteiger partial charge is 0.311 e. The van der Waals surface area contributed by atoms with Gasteiger partial charge in [-0.3, -0.25) is 14.4 Å². The summed E-state index contributed by atoms with van der Waals surface area (Å²) in [7, 11) is 0. The molecule has 0 aliphatic carbocycles. The SMILES string of the molecule is C=CCOC(=O)[C@H]1[C@@H]2SC3(CC2Br)C(C(=O)N(CC=C)c2ccc(Cl)cc2)N([C@@H](CO)C(C)C)C(=O)[C@H]13. The number of amides is 2. The number of ether oxygens (including phenoxy) is 1. The minimum atomic E-state index is -0.882. The average Bonchev–Trinajstić information content (AvgIpc) is 3.45. The summed E-state index contributed by atoms with van der Waals surface area (Å²) in [6, 6.07) is 5.46. The molecule has 3 unspecified atom stereocenters. The number of anilines is 1. The summed E-state index contributed by atoms with van der Waals surface area (Å²) in [5, 5.41) is 10.7. The Hall–Kier alpha value is -1.81. The van der Waals surface area contributed by atoms with E-state index < -0.39 is 34.6 Å². The lowest BCUT2D eigenvalue weighted by molar-refractivity contribution is -0.153. The fourth-order valence-electron chi connectivity index (χ4n) is 6.05. The Bertz CT molecular complexity index is 1090. The fourth-order valence-corrected chi connectivity index (χ4v) is 9.76. The molecule has 3 aliphatic heterocycles. The monoisotopic (exact) mass is 610 g/mol. The molecule has 3 heterocycles. The lowest BCUT2D eigenvalue weighted by Crippen LogP contribution is -2.59.